The molecule has 0 heterocycles. The fraction of sp³-hybridized carbons (Fsp3) is 0.581. The summed E-state index contributed by atoms with van der Waals surface area (Å²) >= 11 is 0. The second-order valence-electron chi connectivity index (χ2n) is 14.3. The summed E-state index contributed by atoms with van der Waals surface area (Å²) in [5, 5.41) is 8.87. The molecule has 0 unspecified atom stereocenters. The summed E-state index contributed by atoms with van der Waals surface area (Å²) in [6, 6.07) is 27.4. The molecule has 4 nitrogen and oxygen atoms in total. The van der Waals surface area contributed by atoms with Gasteiger partial charge >= 0.3 is 0 Å². The molecule has 3 aromatic rings. The van der Waals surface area contributed by atoms with E-state index in [2.05, 4.69) is 85.8 Å². The Balaban J connectivity index is 1.16. The first-order valence-corrected chi connectivity index (χ1v) is 19.1. The Kier molecular flexibility index (Phi) is 19.8. The summed E-state index contributed by atoms with van der Waals surface area (Å²) in [5.74, 6) is 0.911. The molecule has 0 bridgehead atoms. The Morgan fingerprint density at radius 1 is 0.489 bits per heavy atom. The fourth-order valence-corrected chi connectivity index (χ4v) is 6.32. The Bertz CT molecular complexity index is 1190. The lowest BCUT2D eigenvalue weighted by molar-refractivity contribution is -0.903. The van der Waals surface area contributed by atoms with Gasteiger partial charge in [0.2, 0.25) is 0 Å². The number of ether oxygens (including phenoxy) is 1. The average molecular weight is 641 g/mol. The Morgan fingerprint density at radius 2 is 0.979 bits per heavy atom. The maximum atomic E-state index is 5.97. The molecule has 3 aromatic carbocycles. The van der Waals surface area contributed by atoms with E-state index >= 15 is 0 Å². The highest BCUT2D eigenvalue weighted by Gasteiger charge is 2.14. The van der Waals surface area contributed by atoms with Crippen molar-refractivity contribution in [3.63, 3.8) is 0 Å². The zero-order valence-electron chi connectivity index (χ0n) is 30.3. The lowest BCUT2D eigenvalue weighted by Gasteiger charge is -2.30. The highest BCUT2D eigenvalue weighted by atomic mass is 16.5. The minimum absolute atomic E-state index is 0.779. The van der Waals surface area contributed by atoms with Crippen LogP contribution in [0.3, 0.4) is 0 Å². The molecule has 0 radical (unpaired) electrons. The van der Waals surface area contributed by atoms with E-state index in [0.717, 1.165) is 47.6 Å². The highest BCUT2D eigenvalue weighted by Crippen LogP contribution is 2.23. The number of nitrogens with zero attached hydrogens (tertiary/aromatic N) is 3. The minimum Gasteiger partial charge on any atom is -0.494 e. The zero-order valence-corrected chi connectivity index (χ0v) is 30.3. The van der Waals surface area contributed by atoms with E-state index < -0.39 is 0 Å². The number of aryl methyl sites for hydroxylation is 1. The molecule has 4 heteroatoms. The summed E-state index contributed by atoms with van der Waals surface area (Å²) in [6.07, 6.45) is 25.3. The molecule has 3 rings (SSSR count). The van der Waals surface area contributed by atoms with E-state index in [1.54, 1.807) is 0 Å². The third-order valence-corrected chi connectivity index (χ3v) is 9.25. The summed E-state index contributed by atoms with van der Waals surface area (Å²) in [4.78, 5) is 0. The molecule has 0 aliphatic rings. The van der Waals surface area contributed by atoms with Gasteiger partial charge in [-0.25, -0.2) is 0 Å². The summed E-state index contributed by atoms with van der Waals surface area (Å²) in [6.45, 7) is 5.44. The molecule has 0 saturated carbocycles. The molecule has 0 spiro atoms. The van der Waals surface area contributed by atoms with E-state index in [1.807, 2.05) is 24.3 Å². The fourth-order valence-electron chi connectivity index (χ4n) is 6.32. The van der Waals surface area contributed by atoms with Crippen molar-refractivity contribution >= 4 is 11.4 Å². The van der Waals surface area contributed by atoms with Crippen LogP contribution in [-0.4, -0.2) is 31.7 Å². The first-order valence-electron chi connectivity index (χ1n) is 19.1. The Morgan fingerprint density at radius 3 is 1.55 bits per heavy atom. The molecular weight excluding hydrogens is 574 g/mol. The average Bonchev–Trinajstić information content (AvgIpc) is 3.08. The van der Waals surface area contributed by atoms with E-state index in [4.69, 9.17) is 4.74 Å². The third kappa shape index (κ3) is 18.8. The molecule has 0 fully saturated rings. The van der Waals surface area contributed by atoms with Crippen LogP contribution in [0.4, 0.5) is 11.4 Å². The predicted octanol–water partition coefficient (Wildman–Crippen LogP) is 13.3. The maximum Gasteiger partial charge on any atom is 0.119 e. The monoisotopic (exact) mass is 641 g/mol. The third-order valence-electron chi connectivity index (χ3n) is 9.25. The molecule has 0 saturated heterocycles. The largest absolute Gasteiger partial charge is 0.494 e. The Hall–Kier alpha value is -2.98. The van der Waals surface area contributed by atoms with Crippen LogP contribution < -0.4 is 4.74 Å². The number of benzene rings is 3. The topological polar surface area (TPSA) is 34.0 Å². The molecule has 47 heavy (non-hydrogen) atoms. The van der Waals surface area contributed by atoms with E-state index in [0.29, 0.717) is 0 Å². The summed E-state index contributed by atoms with van der Waals surface area (Å²) in [7, 11) is 4.71. The second kappa shape index (κ2) is 24.2. The van der Waals surface area contributed by atoms with Crippen LogP contribution in [0.1, 0.15) is 134 Å². The van der Waals surface area contributed by atoms with Crippen molar-refractivity contribution in [2.45, 2.75) is 135 Å². The van der Waals surface area contributed by atoms with Crippen molar-refractivity contribution in [3.05, 3.63) is 90.0 Å². The van der Waals surface area contributed by atoms with Gasteiger partial charge in [-0.15, -0.1) is 0 Å². The predicted molar refractivity (Wildman–Crippen MR) is 202 cm³/mol. The smallest absolute Gasteiger partial charge is 0.119 e. The van der Waals surface area contributed by atoms with Gasteiger partial charge in [0.1, 0.15) is 12.3 Å². The standard InChI is InChI=1S/C43H66N3O/c1-4-5-6-7-8-9-10-13-16-20-25-39-28-30-41(31-29-39)44-45-42-32-34-43(35-33-42)47-37-24-18-15-12-11-14-17-23-36-46(2,3)38-40-26-21-19-22-27-40/h19,21-22,26-35H,4-18,20,23-25,36-38H2,1-3H3/q+1. The first kappa shape index (κ1) is 38.5. The van der Waals surface area contributed by atoms with Gasteiger partial charge in [-0.3, -0.25) is 0 Å². The van der Waals surface area contributed by atoms with Gasteiger partial charge in [-0.05, 0) is 74.1 Å². The van der Waals surface area contributed by atoms with Gasteiger partial charge < -0.3 is 9.22 Å². The van der Waals surface area contributed by atoms with Crippen molar-refractivity contribution in [3.8, 4) is 5.75 Å². The van der Waals surface area contributed by atoms with Crippen LogP contribution in [0.2, 0.25) is 0 Å². The molecule has 0 amide bonds. The molecule has 0 aliphatic heterocycles. The van der Waals surface area contributed by atoms with Crippen molar-refractivity contribution in [1.82, 2.24) is 0 Å². The minimum atomic E-state index is 0.779. The van der Waals surface area contributed by atoms with Gasteiger partial charge in [0.15, 0.2) is 0 Å². The first-order chi connectivity index (χ1) is 23.0. The van der Waals surface area contributed by atoms with E-state index in [1.165, 1.54) is 127 Å². The lowest BCUT2D eigenvalue weighted by Crippen LogP contribution is -2.39. The van der Waals surface area contributed by atoms with Crippen molar-refractivity contribution < 1.29 is 9.22 Å². The normalized spacial score (nSPS) is 11.8. The van der Waals surface area contributed by atoms with Crippen LogP contribution in [-0.2, 0) is 13.0 Å². The van der Waals surface area contributed by atoms with Gasteiger partial charge in [0.25, 0.3) is 0 Å². The van der Waals surface area contributed by atoms with Crippen LogP contribution in [0.5, 0.6) is 5.75 Å². The van der Waals surface area contributed by atoms with Crippen LogP contribution >= 0.6 is 0 Å². The number of azo groups is 1. The molecule has 0 N–H and O–H groups in total. The molecular formula is C43H66N3O+. The van der Waals surface area contributed by atoms with Crippen LogP contribution in [0.15, 0.2) is 89.1 Å². The van der Waals surface area contributed by atoms with Crippen molar-refractivity contribution in [1.29, 1.82) is 0 Å². The van der Waals surface area contributed by atoms with Crippen molar-refractivity contribution in [2.75, 3.05) is 27.2 Å². The van der Waals surface area contributed by atoms with Gasteiger partial charge in [-0.2, -0.15) is 10.2 Å². The summed E-state index contributed by atoms with van der Waals surface area (Å²) < 4.78 is 7.05. The number of quaternary nitrogens is 1. The van der Waals surface area contributed by atoms with Crippen LogP contribution in [0, 0.1) is 0 Å². The quantitative estimate of drug-likeness (QED) is 0.0464. The highest BCUT2D eigenvalue weighted by molar-refractivity contribution is 5.43. The SMILES string of the molecule is CCCCCCCCCCCCc1ccc(N=Nc2ccc(OCCCCCCCCCC[N+](C)(C)Cc3ccccc3)cc2)cc1. The van der Waals surface area contributed by atoms with Crippen molar-refractivity contribution in [2.24, 2.45) is 10.2 Å². The molecule has 0 aliphatic carbocycles. The van der Waals surface area contributed by atoms with Gasteiger partial charge in [-0.1, -0.05) is 139 Å². The number of rotatable bonds is 27. The van der Waals surface area contributed by atoms with E-state index in [9.17, 15) is 0 Å². The Labute approximate surface area is 288 Å². The number of hydrogen-bond donors (Lipinski definition) is 0. The maximum absolute atomic E-state index is 5.97. The molecule has 0 atom stereocenters. The summed E-state index contributed by atoms with van der Waals surface area (Å²) in [5.41, 5.74) is 4.59. The zero-order chi connectivity index (χ0) is 33.3. The van der Waals surface area contributed by atoms with Crippen LogP contribution in [0.25, 0.3) is 0 Å². The molecule has 258 valence electrons. The number of hydrogen-bond acceptors (Lipinski definition) is 3. The lowest BCUT2D eigenvalue weighted by atomic mass is 10.0. The van der Waals surface area contributed by atoms with Gasteiger partial charge in [0.05, 0.1) is 38.6 Å². The second-order valence-corrected chi connectivity index (χ2v) is 14.3. The molecule has 0 aromatic heterocycles. The van der Waals surface area contributed by atoms with Gasteiger partial charge in [0, 0.05) is 5.56 Å². The number of unbranched alkanes of at least 4 members (excludes halogenated alkanes) is 16. The van der Waals surface area contributed by atoms with E-state index in [-0.39, 0.29) is 0 Å².